The van der Waals surface area contributed by atoms with Crippen molar-refractivity contribution in [2.24, 2.45) is 17.3 Å². The molecule has 4 fully saturated rings. The molecule has 0 amide bonds. The second-order valence-electron chi connectivity index (χ2n) is 8.53. The van der Waals surface area contributed by atoms with Crippen molar-refractivity contribution in [3.63, 3.8) is 0 Å². The second kappa shape index (κ2) is 3.56. The fourth-order valence-electron chi connectivity index (χ4n) is 6.46. The van der Waals surface area contributed by atoms with Gasteiger partial charge in [-0.2, -0.15) is 0 Å². The van der Waals surface area contributed by atoms with E-state index in [4.69, 9.17) is 4.74 Å². The highest BCUT2D eigenvalue weighted by atomic mass is 16.6. The first-order valence-corrected chi connectivity index (χ1v) is 8.76. The molecule has 21 heavy (non-hydrogen) atoms. The zero-order valence-corrected chi connectivity index (χ0v) is 13.2. The van der Waals surface area contributed by atoms with Crippen molar-refractivity contribution in [2.75, 3.05) is 0 Å². The van der Waals surface area contributed by atoms with Crippen LogP contribution in [-0.2, 0) is 4.74 Å². The lowest BCUT2D eigenvalue weighted by molar-refractivity contribution is 0.152. The van der Waals surface area contributed by atoms with Gasteiger partial charge in [0.2, 0.25) is 0 Å². The maximum atomic E-state index is 6.51. The normalized spacial score (nSPS) is 54.2. The number of fused-ring (bicyclic) bond motifs is 3. The van der Waals surface area contributed by atoms with Gasteiger partial charge in [0.15, 0.2) is 0 Å². The average Bonchev–Trinajstić information content (AvgIpc) is 3.05. The van der Waals surface area contributed by atoms with Gasteiger partial charge < -0.3 is 4.74 Å². The molecule has 1 heteroatoms. The smallest absolute Gasteiger partial charge is 0.120 e. The molecular weight excluding hydrogens is 256 g/mol. The van der Waals surface area contributed by atoms with Crippen molar-refractivity contribution in [1.82, 2.24) is 0 Å². The Hall–Kier alpha value is -0.820. The molecule has 1 aliphatic heterocycles. The fraction of sp³-hybridized carbons (Fsp3) is 0.700. The Labute approximate surface area is 128 Å². The zero-order chi connectivity index (χ0) is 14.5. The summed E-state index contributed by atoms with van der Waals surface area (Å²) >= 11 is 0. The summed E-state index contributed by atoms with van der Waals surface area (Å²) in [5, 5.41) is 0. The van der Waals surface area contributed by atoms with Crippen LogP contribution in [0, 0.1) is 17.3 Å². The molecule has 112 valence electrons. The van der Waals surface area contributed by atoms with Gasteiger partial charge in [0.1, 0.15) is 11.2 Å². The van der Waals surface area contributed by atoms with Gasteiger partial charge in [-0.25, -0.2) is 0 Å². The fourth-order valence-corrected chi connectivity index (χ4v) is 6.46. The van der Waals surface area contributed by atoms with E-state index >= 15 is 0 Å². The SMILES string of the molecule is C=C1CCC23OC2(CCC2C3=CCC3(C)C(=C)CCC23)C1. The molecule has 5 aliphatic rings. The third-order valence-electron chi connectivity index (χ3n) is 7.77. The Morgan fingerprint density at radius 3 is 2.90 bits per heavy atom. The molecule has 5 rings (SSSR count). The third-order valence-corrected chi connectivity index (χ3v) is 7.77. The first-order valence-electron chi connectivity index (χ1n) is 8.76. The van der Waals surface area contributed by atoms with Crippen LogP contribution in [0.1, 0.15) is 58.3 Å². The molecule has 1 saturated heterocycles. The second-order valence-corrected chi connectivity index (χ2v) is 8.53. The van der Waals surface area contributed by atoms with E-state index in [1.165, 1.54) is 56.1 Å². The lowest BCUT2D eigenvalue weighted by Gasteiger charge is -2.47. The van der Waals surface area contributed by atoms with Gasteiger partial charge in [0.25, 0.3) is 0 Å². The maximum Gasteiger partial charge on any atom is 0.120 e. The van der Waals surface area contributed by atoms with Gasteiger partial charge in [0.05, 0.1) is 0 Å². The van der Waals surface area contributed by atoms with Crippen LogP contribution in [0.5, 0.6) is 0 Å². The van der Waals surface area contributed by atoms with Crippen LogP contribution in [0.2, 0.25) is 0 Å². The molecule has 3 saturated carbocycles. The quantitative estimate of drug-likeness (QED) is 0.452. The van der Waals surface area contributed by atoms with Gasteiger partial charge >= 0.3 is 0 Å². The summed E-state index contributed by atoms with van der Waals surface area (Å²) in [7, 11) is 0. The number of ether oxygens (including phenoxy) is 1. The third kappa shape index (κ3) is 1.29. The summed E-state index contributed by atoms with van der Waals surface area (Å²) in [5.41, 5.74) is 5.27. The van der Waals surface area contributed by atoms with E-state index in [-0.39, 0.29) is 11.2 Å². The number of allylic oxidation sites excluding steroid dienone is 2. The van der Waals surface area contributed by atoms with Crippen LogP contribution in [0.4, 0.5) is 0 Å². The largest absolute Gasteiger partial charge is 0.357 e. The predicted octanol–water partition coefficient (Wildman–Crippen LogP) is 4.95. The highest BCUT2D eigenvalue weighted by molar-refractivity contribution is 5.45. The Morgan fingerprint density at radius 1 is 1.19 bits per heavy atom. The summed E-state index contributed by atoms with van der Waals surface area (Å²) in [5.74, 6) is 1.59. The van der Waals surface area contributed by atoms with Gasteiger partial charge in [0, 0.05) is 6.42 Å². The summed E-state index contributed by atoms with van der Waals surface area (Å²) < 4.78 is 6.51. The monoisotopic (exact) mass is 282 g/mol. The molecule has 0 bridgehead atoms. The van der Waals surface area contributed by atoms with Crippen molar-refractivity contribution in [2.45, 2.75) is 69.5 Å². The van der Waals surface area contributed by atoms with Crippen molar-refractivity contribution in [3.8, 4) is 0 Å². The standard InChI is InChI=1S/C20H26O/c1-13-6-11-20-17-8-9-18(3)14(2)4-5-16(18)15(17)7-10-19(20,12-13)21-20/h8,15-16H,1-2,4-7,9-12H2,3H3. The van der Waals surface area contributed by atoms with E-state index in [2.05, 4.69) is 26.2 Å². The number of epoxide rings is 1. The van der Waals surface area contributed by atoms with Crippen LogP contribution in [0.3, 0.4) is 0 Å². The van der Waals surface area contributed by atoms with Crippen LogP contribution < -0.4 is 0 Å². The molecular formula is C20H26O. The van der Waals surface area contributed by atoms with Gasteiger partial charge in [-0.15, -0.1) is 0 Å². The van der Waals surface area contributed by atoms with E-state index in [1.807, 2.05) is 0 Å². The minimum atomic E-state index is 0.127. The molecule has 0 spiro atoms. The number of hydrogen-bond acceptors (Lipinski definition) is 1. The minimum Gasteiger partial charge on any atom is -0.357 e. The summed E-state index contributed by atoms with van der Waals surface area (Å²) in [6, 6.07) is 0. The highest BCUT2D eigenvalue weighted by Gasteiger charge is 2.75. The average molecular weight is 282 g/mol. The van der Waals surface area contributed by atoms with E-state index in [0.717, 1.165) is 18.3 Å². The summed E-state index contributed by atoms with van der Waals surface area (Å²) in [6.45, 7) is 11.1. The Kier molecular flexibility index (Phi) is 2.15. The molecule has 1 nitrogen and oxygen atoms in total. The Balaban J connectivity index is 1.57. The number of hydrogen-bond donors (Lipinski definition) is 0. The topological polar surface area (TPSA) is 12.5 Å². The lowest BCUT2D eigenvalue weighted by Crippen LogP contribution is -2.45. The molecule has 0 N–H and O–H groups in total. The summed E-state index contributed by atoms with van der Waals surface area (Å²) in [6.07, 6.45) is 12.4. The van der Waals surface area contributed by atoms with Crippen LogP contribution >= 0.6 is 0 Å². The maximum absolute atomic E-state index is 6.51. The van der Waals surface area contributed by atoms with E-state index in [1.54, 1.807) is 5.57 Å². The van der Waals surface area contributed by atoms with Gasteiger partial charge in [-0.3, -0.25) is 0 Å². The van der Waals surface area contributed by atoms with Crippen LogP contribution in [0.15, 0.2) is 36.0 Å². The molecule has 5 atom stereocenters. The van der Waals surface area contributed by atoms with Crippen LogP contribution in [0.25, 0.3) is 0 Å². The van der Waals surface area contributed by atoms with Gasteiger partial charge in [-0.1, -0.05) is 37.3 Å². The molecule has 0 radical (unpaired) electrons. The summed E-state index contributed by atoms with van der Waals surface area (Å²) in [4.78, 5) is 0. The van der Waals surface area contributed by atoms with Crippen molar-refractivity contribution in [3.05, 3.63) is 36.0 Å². The molecule has 0 aromatic carbocycles. The predicted molar refractivity (Wildman–Crippen MR) is 84.9 cm³/mol. The van der Waals surface area contributed by atoms with Crippen molar-refractivity contribution in [1.29, 1.82) is 0 Å². The number of rotatable bonds is 0. The minimum absolute atomic E-state index is 0.127. The van der Waals surface area contributed by atoms with Crippen molar-refractivity contribution >= 4 is 0 Å². The highest BCUT2D eigenvalue weighted by Crippen LogP contribution is 2.72. The Morgan fingerprint density at radius 2 is 2.05 bits per heavy atom. The van der Waals surface area contributed by atoms with E-state index < -0.39 is 0 Å². The molecule has 0 aromatic heterocycles. The first-order chi connectivity index (χ1) is 10.0. The van der Waals surface area contributed by atoms with Crippen LogP contribution in [-0.4, -0.2) is 11.2 Å². The van der Waals surface area contributed by atoms with Gasteiger partial charge in [-0.05, 0) is 67.8 Å². The molecule has 1 heterocycles. The lowest BCUT2D eigenvalue weighted by atomic mass is 9.54. The molecule has 0 aromatic rings. The molecule has 5 unspecified atom stereocenters. The van der Waals surface area contributed by atoms with Crippen molar-refractivity contribution < 1.29 is 4.74 Å². The zero-order valence-electron chi connectivity index (χ0n) is 13.2. The van der Waals surface area contributed by atoms with E-state index in [9.17, 15) is 0 Å². The van der Waals surface area contributed by atoms with E-state index in [0.29, 0.717) is 5.41 Å². The molecule has 4 aliphatic carbocycles. The Bertz CT molecular complexity index is 599. The first kappa shape index (κ1) is 12.7.